The summed E-state index contributed by atoms with van der Waals surface area (Å²) in [6, 6.07) is 15.8. The average molecular weight is 466 g/mol. The summed E-state index contributed by atoms with van der Waals surface area (Å²) in [6.45, 7) is -0.112. The maximum Gasteiger partial charge on any atom is 0.255 e. The second-order valence-corrected chi connectivity index (χ2v) is 7.26. The van der Waals surface area contributed by atoms with Crippen LogP contribution in [0.3, 0.4) is 0 Å². The first kappa shape index (κ1) is 24.4. The number of amides is 2. The molecule has 0 aliphatic rings. The molecule has 178 valence electrons. The molecular weight excluding hydrogens is 440 g/mol. The number of carbonyl (C=O) groups excluding carboxylic acids is 2. The zero-order valence-corrected chi connectivity index (χ0v) is 19.0. The molecule has 0 aromatic heterocycles. The van der Waals surface area contributed by atoms with E-state index in [1.165, 1.54) is 39.5 Å². The van der Waals surface area contributed by atoms with Gasteiger partial charge in [0.2, 0.25) is 0 Å². The van der Waals surface area contributed by atoms with Crippen molar-refractivity contribution in [3.63, 3.8) is 0 Å². The first-order chi connectivity index (χ1) is 16.4. The van der Waals surface area contributed by atoms with Crippen LogP contribution in [0.15, 0.2) is 60.7 Å². The topological polar surface area (TPSA) is 126 Å². The van der Waals surface area contributed by atoms with Crippen molar-refractivity contribution in [2.45, 2.75) is 6.10 Å². The van der Waals surface area contributed by atoms with Crippen molar-refractivity contribution >= 4 is 17.5 Å². The van der Waals surface area contributed by atoms with E-state index in [-0.39, 0.29) is 23.4 Å². The van der Waals surface area contributed by atoms with Crippen molar-refractivity contribution in [3.05, 3.63) is 77.4 Å². The van der Waals surface area contributed by atoms with Crippen LogP contribution in [0.5, 0.6) is 23.0 Å². The summed E-state index contributed by atoms with van der Waals surface area (Å²) in [5.41, 5.74) is 1.03. The van der Waals surface area contributed by atoms with Gasteiger partial charge in [-0.15, -0.1) is 0 Å². The number of carbonyl (C=O) groups is 2. The number of phenols is 1. The van der Waals surface area contributed by atoms with Gasteiger partial charge in [0, 0.05) is 29.4 Å². The van der Waals surface area contributed by atoms with Crippen LogP contribution >= 0.6 is 0 Å². The number of rotatable bonds is 9. The van der Waals surface area contributed by atoms with Gasteiger partial charge in [-0.25, -0.2) is 0 Å². The van der Waals surface area contributed by atoms with E-state index >= 15 is 0 Å². The predicted octanol–water partition coefficient (Wildman–Crippen LogP) is 3.13. The molecule has 9 heteroatoms. The predicted molar refractivity (Wildman–Crippen MR) is 126 cm³/mol. The van der Waals surface area contributed by atoms with Crippen molar-refractivity contribution in [2.75, 3.05) is 33.2 Å². The third-order valence-electron chi connectivity index (χ3n) is 5.07. The smallest absolute Gasteiger partial charge is 0.255 e. The zero-order valence-electron chi connectivity index (χ0n) is 19.0. The summed E-state index contributed by atoms with van der Waals surface area (Å²) in [7, 11) is 4.45. The van der Waals surface area contributed by atoms with Crippen molar-refractivity contribution in [2.24, 2.45) is 0 Å². The van der Waals surface area contributed by atoms with E-state index in [0.29, 0.717) is 28.5 Å². The van der Waals surface area contributed by atoms with Crippen LogP contribution < -0.4 is 24.8 Å². The number of aromatic hydroxyl groups is 1. The van der Waals surface area contributed by atoms with E-state index in [0.717, 1.165) is 0 Å². The van der Waals surface area contributed by atoms with Crippen molar-refractivity contribution in [1.82, 2.24) is 5.32 Å². The zero-order chi connectivity index (χ0) is 24.7. The third-order valence-corrected chi connectivity index (χ3v) is 5.07. The summed E-state index contributed by atoms with van der Waals surface area (Å²) in [5.74, 6) is 0.0375. The highest BCUT2D eigenvalue weighted by Gasteiger charge is 2.18. The van der Waals surface area contributed by atoms with Crippen LogP contribution in [0, 0.1) is 0 Å². The van der Waals surface area contributed by atoms with Gasteiger partial charge in [-0.2, -0.15) is 0 Å². The van der Waals surface area contributed by atoms with Crippen LogP contribution in [-0.4, -0.2) is 49.9 Å². The number of phenolic OH excluding ortho intramolecular Hbond substituents is 1. The monoisotopic (exact) mass is 466 g/mol. The van der Waals surface area contributed by atoms with E-state index < -0.39 is 17.9 Å². The molecule has 0 aliphatic heterocycles. The minimum absolute atomic E-state index is 0.0618. The Bertz CT molecular complexity index is 1160. The second-order valence-electron chi connectivity index (χ2n) is 7.26. The molecule has 3 aromatic carbocycles. The van der Waals surface area contributed by atoms with Gasteiger partial charge < -0.3 is 35.1 Å². The third kappa shape index (κ3) is 5.76. The van der Waals surface area contributed by atoms with Gasteiger partial charge in [0.1, 0.15) is 23.0 Å². The maximum absolute atomic E-state index is 12.7. The molecular formula is C25H26N2O7. The number of hydrogen-bond donors (Lipinski definition) is 4. The lowest BCUT2D eigenvalue weighted by atomic mass is 10.1. The van der Waals surface area contributed by atoms with E-state index in [4.69, 9.17) is 14.2 Å². The molecule has 0 saturated carbocycles. The molecule has 0 saturated heterocycles. The maximum atomic E-state index is 12.7. The minimum atomic E-state index is -1.02. The molecule has 0 spiro atoms. The number of ether oxygens (including phenoxy) is 3. The Kier molecular flexibility index (Phi) is 7.94. The lowest BCUT2D eigenvalue weighted by Gasteiger charge is -2.16. The number of benzene rings is 3. The van der Waals surface area contributed by atoms with E-state index in [9.17, 15) is 19.8 Å². The summed E-state index contributed by atoms with van der Waals surface area (Å²) < 4.78 is 15.6. The van der Waals surface area contributed by atoms with Crippen molar-refractivity contribution in [3.8, 4) is 23.0 Å². The molecule has 0 bridgehead atoms. The standard InChI is InChI=1S/C25H26N2O7/c1-32-17-10-15(11-18(13-17)33-2)24(30)27-16-8-9-21(28)20(12-16)25(31)26-14-22(29)19-6-4-5-7-23(19)34-3/h4-13,22,28-29H,14H2,1-3H3,(H,26,31)(H,27,30)/t22-/m0/s1. The molecule has 34 heavy (non-hydrogen) atoms. The van der Waals surface area contributed by atoms with E-state index in [2.05, 4.69) is 10.6 Å². The Balaban J connectivity index is 1.72. The number of anilines is 1. The summed E-state index contributed by atoms with van der Waals surface area (Å²) >= 11 is 0. The average Bonchev–Trinajstić information content (AvgIpc) is 2.87. The van der Waals surface area contributed by atoms with Crippen molar-refractivity contribution < 1.29 is 34.0 Å². The molecule has 0 heterocycles. The highest BCUT2D eigenvalue weighted by molar-refractivity contribution is 6.06. The Morgan fingerprint density at radius 3 is 2.21 bits per heavy atom. The number of methoxy groups -OCH3 is 3. The van der Waals surface area contributed by atoms with E-state index in [1.807, 2.05) is 0 Å². The number of nitrogens with one attached hydrogen (secondary N) is 2. The van der Waals surface area contributed by atoms with Crippen LogP contribution in [-0.2, 0) is 0 Å². The van der Waals surface area contributed by atoms with Gasteiger partial charge in [-0.3, -0.25) is 9.59 Å². The lowest BCUT2D eigenvalue weighted by Crippen LogP contribution is -2.28. The molecule has 2 amide bonds. The summed E-state index contributed by atoms with van der Waals surface area (Å²) in [5, 5.41) is 25.9. The first-order valence-corrected chi connectivity index (χ1v) is 10.3. The highest BCUT2D eigenvalue weighted by atomic mass is 16.5. The number of para-hydroxylation sites is 1. The Hall–Kier alpha value is -4.24. The van der Waals surface area contributed by atoms with Gasteiger partial charge in [0.05, 0.1) is 33.0 Å². The Morgan fingerprint density at radius 1 is 0.882 bits per heavy atom. The SMILES string of the molecule is COc1cc(OC)cc(C(=O)Nc2ccc(O)c(C(=O)NC[C@H](O)c3ccccc3OC)c2)c1. The fourth-order valence-electron chi connectivity index (χ4n) is 3.27. The second kappa shape index (κ2) is 11.1. The largest absolute Gasteiger partial charge is 0.507 e. The van der Waals surface area contributed by atoms with Crippen LogP contribution in [0.1, 0.15) is 32.4 Å². The van der Waals surface area contributed by atoms with E-state index in [1.54, 1.807) is 42.5 Å². The molecule has 9 nitrogen and oxygen atoms in total. The lowest BCUT2D eigenvalue weighted by molar-refractivity contribution is 0.0911. The Labute approximate surface area is 196 Å². The van der Waals surface area contributed by atoms with Crippen LogP contribution in [0.4, 0.5) is 5.69 Å². The minimum Gasteiger partial charge on any atom is -0.507 e. The molecule has 0 radical (unpaired) electrons. The van der Waals surface area contributed by atoms with Gasteiger partial charge in [-0.1, -0.05) is 18.2 Å². The number of hydrogen-bond acceptors (Lipinski definition) is 7. The normalized spacial score (nSPS) is 11.3. The van der Waals surface area contributed by atoms with Gasteiger partial charge in [0.15, 0.2) is 0 Å². The number of aliphatic hydroxyl groups excluding tert-OH is 1. The molecule has 1 atom stereocenters. The molecule has 0 unspecified atom stereocenters. The van der Waals surface area contributed by atoms with Crippen LogP contribution in [0.25, 0.3) is 0 Å². The molecule has 0 aliphatic carbocycles. The molecule has 0 fully saturated rings. The Morgan fingerprint density at radius 2 is 1.56 bits per heavy atom. The van der Waals surface area contributed by atoms with Gasteiger partial charge >= 0.3 is 0 Å². The van der Waals surface area contributed by atoms with Gasteiger partial charge in [0.25, 0.3) is 11.8 Å². The quantitative estimate of drug-likeness (QED) is 0.357. The van der Waals surface area contributed by atoms with Crippen LogP contribution in [0.2, 0.25) is 0 Å². The van der Waals surface area contributed by atoms with Crippen molar-refractivity contribution in [1.29, 1.82) is 0 Å². The summed E-state index contributed by atoms with van der Waals surface area (Å²) in [6.07, 6.45) is -1.02. The van der Waals surface area contributed by atoms with Gasteiger partial charge in [-0.05, 0) is 36.4 Å². The fraction of sp³-hybridized carbons (Fsp3) is 0.200. The first-order valence-electron chi connectivity index (χ1n) is 10.3. The molecule has 4 N–H and O–H groups in total. The fourth-order valence-corrected chi connectivity index (χ4v) is 3.27. The number of aliphatic hydroxyl groups is 1. The highest BCUT2D eigenvalue weighted by Crippen LogP contribution is 2.26. The summed E-state index contributed by atoms with van der Waals surface area (Å²) in [4.78, 5) is 25.4. The molecule has 3 rings (SSSR count). The molecule has 3 aromatic rings.